The molecule has 0 aliphatic carbocycles. The number of aliphatic carboxylic acids is 3. The summed E-state index contributed by atoms with van der Waals surface area (Å²) >= 11 is 0. The number of rotatable bonds is 17. The topological polar surface area (TPSA) is 268 Å². The highest BCUT2D eigenvalue weighted by atomic mass is 16.4. The summed E-state index contributed by atoms with van der Waals surface area (Å²) < 4.78 is 0. The molecule has 0 spiro atoms. The van der Waals surface area contributed by atoms with Crippen LogP contribution in [0.1, 0.15) is 52.4 Å². The summed E-state index contributed by atoms with van der Waals surface area (Å²) in [5.74, 6) is -8.32. The molecule has 0 aliphatic heterocycles. The maximum absolute atomic E-state index is 12.8. The van der Waals surface area contributed by atoms with Crippen molar-refractivity contribution in [1.82, 2.24) is 16.0 Å². The minimum atomic E-state index is -1.61. The van der Waals surface area contributed by atoms with Crippen molar-refractivity contribution < 1.29 is 48.9 Å². The Labute approximate surface area is 201 Å². The molecule has 0 aromatic rings. The highest BCUT2D eigenvalue weighted by molar-refractivity contribution is 5.96. The number of hydrogen-bond donors (Lipinski definition) is 8. The number of primary amides is 1. The van der Waals surface area contributed by atoms with Crippen molar-refractivity contribution in [1.29, 1.82) is 0 Å². The smallest absolute Gasteiger partial charge is 0.326 e. The molecule has 0 bridgehead atoms. The molecule has 10 N–H and O–H groups in total. The van der Waals surface area contributed by atoms with Gasteiger partial charge in [0.15, 0.2) is 0 Å². The van der Waals surface area contributed by atoms with Crippen LogP contribution in [0.15, 0.2) is 0 Å². The van der Waals surface area contributed by atoms with Gasteiger partial charge >= 0.3 is 17.9 Å². The number of hydrogen-bond acceptors (Lipinski definition) is 8. The van der Waals surface area contributed by atoms with E-state index in [9.17, 15) is 38.7 Å². The quantitative estimate of drug-likeness (QED) is 0.103. The van der Waals surface area contributed by atoms with E-state index in [1.807, 2.05) is 0 Å². The second-order valence-corrected chi connectivity index (χ2v) is 7.97. The molecule has 15 nitrogen and oxygen atoms in total. The van der Waals surface area contributed by atoms with Crippen LogP contribution >= 0.6 is 0 Å². The summed E-state index contributed by atoms with van der Waals surface area (Å²) in [6.07, 6.45) is -1.98. The van der Waals surface area contributed by atoms with E-state index < -0.39 is 97.3 Å². The number of carboxylic acids is 3. The van der Waals surface area contributed by atoms with Crippen LogP contribution in [0.3, 0.4) is 0 Å². The molecule has 0 saturated heterocycles. The molecule has 0 aromatic carbocycles. The Balaban J connectivity index is 5.62. The lowest BCUT2D eigenvalue weighted by Gasteiger charge is -2.26. The third-order valence-corrected chi connectivity index (χ3v) is 5.10. The second kappa shape index (κ2) is 15.2. The van der Waals surface area contributed by atoms with Crippen LogP contribution in [0.4, 0.5) is 0 Å². The number of carbonyl (C=O) groups is 7. The Hall–Kier alpha value is -3.75. The number of carboxylic acid groups (broad SMARTS) is 3. The largest absolute Gasteiger partial charge is 0.481 e. The molecule has 5 unspecified atom stereocenters. The van der Waals surface area contributed by atoms with Gasteiger partial charge in [0.1, 0.15) is 18.1 Å². The molecule has 198 valence electrons. The number of nitrogens with one attached hydrogen (secondary N) is 3. The van der Waals surface area contributed by atoms with Crippen LogP contribution < -0.4 is 27.4 Å². The fourth-order valence-corrected chi connectivity index (χ4v) is 2.85. The number of amides is 4. The Morgan fingerprint density at radius 3 is 1.71 bits per heavy atom. The zero-order valence-corrected chi connectivity index (χ0v) is 19.5. The molecule has 0 aliphatic rings. The van der Waals surface area contributed by atoms with Crippen LogP contribution in [0.5, 0.6) is 0 Å². The molecule has 0 rings (SSSR count). The maximum Gasteiger partial charge on any atom is 0.326 e. The maximum atomic E-state index is 12.8. The summed E-state index contributed by atoms with van der Waals surface area (Å²) in [6, 6.07) is -5.77. The van der Waals surface area contributed by atoms with Crippen molar-refractivity contribution in [2.75, 3.05) is 0 Å². The van der Waals surface area contributed by atoms with E-state index in [1.165, 1.54) is 0 Å². The Morgan fingerprint density at radius 1 is 0.771 bits per heavy atom. The van der Waals surface area contributed by atoms with Gasteiger partial charge < -0.3 is 42.7 Å². The first-order valence-electron chi connectivity index (χ1n) is 10.8. The number of carbonyl (C=O) groups excluding carboxylic acids is 4. The van der Waals surface area contributed by atoms with Gasteiger partial charge in [-0.1, -0.05) is 20.3 Å². The Morgan fingerprint density at radius 2 is 1.26 bits per heavy atom. The second-order valence-electron chi connectivity index (χ2n) is 7.97. The standard InChI is InChI=1S/C20H33N5O10/c1-3-9(2)16(20(34)35)25-18(32)11(5-7-15(29)30)23-19(33)12(8-13(22)26)24-17(31)10(21)4-6-14(27)28/h9-12,16H,3-8,21H2,1-2H3,(H2,22,26)(H,23,33)(H,24,31)(H,25,32)(H,27,28)(H,29,30)(H,34,35). The van der Waals surface area contributed by atoms with E-state index >= 15 is 0 Å². The molecule has 0 saturated carbocycles. The van der Waals surface area contributed by atoms with Crippen molar-refractivity contribution in [2.45, 2.75) is 76.5 Å². The molecular weight excluding hydrogens is 470 g/mol. The van der Waals surface area contributed by atoms with Gasteiger partial charge in [0.25, 0.3) is 0 Å². The average molecular weight is 504 g/mol. The average Bonchev–Trinajstić information content (AvgIpc) is 2.76. The first-order valence-corrected chi connectivity index (χ1v) is 10.8. The molecule has 4 amide bonds. The summed E-state index contributed by atoms with van der Waals surface area (Å²) in [5, 5.41) is 33.7. The molecule has 0 aromatic heterocycles. The summed E-state index contributed by atoms with van der Waals surface area (Å²) in [7, 11) is 0. The number of nitrogens with two attached hydrogens (primary N) is 2. The highest BCUT2D eigenvalue weighted by Crippen LogP contribution is 2.10. The van der Waals surface area contributed by atoms with Crippen LogP contribution in [0.2, 0.25) is 0 Å². The van der Waals surface area contributed by atoms with E-state index in [-0.39, 0.29) is 6.42 Å². The van der Waals surface area contributed by atoms with Crippen molar-refractivity contribution >= 4 is 41.5 Å². The SMILES string of the molecule is CCC(C)C(NC(=O)C(CCC(=O)O)NC(=O)C(CC(N)=O)NC(=O)C(N)CCC(=O)O)C(=O)O. The fourth-order valence-electron chi connectivity index (χ4n) is 2.85. The van der Waals surface area contributed by atoms with Gasteiger partial charge in [0, 0.05) is 12.8 Å². The van der Waals surface area contributed by atoms with E-state index in [2.05, 4.69) is 16.0 Å². The van der Waals surface area contributed by atoms with Gasteiger partial charge in [0.2, 0.25) is 23.6 Å². The lowest BCUT2D eigenvalue weighted by atomic mass is 9.98. The van der Waals surface area contributed by atoms with Crippen LogP contribution in [0.25, 0.3) is 0 Å². The molecule has 0 radical (unpaired) electrons. The zero-order chi connectivity index (χ0) is 27.3. The van der Waals surface area contributed by atoms with E-state index in [1.54, 1.807) is 13.8 Å². The Bertz CT molecular complexity index is 818. The predicted octanol–water partition coefficient (Wildman–Crippen LogP) is -2.50. The monoisotopic (exact) mass is 503 g/mol. The van der Waals surface area contributed by atoms with Crippen molar-refractivity contribution in [3.63, 3.8) is 0 Å². The molecule has 15 heteroatoms. The van der Waals surface area contributed by atoms with Crippen LogP contribution in [-0.4, -0.2) is 81.0 Å². The lowest BCUT2D eigenvalue weighted by Crippen LogP contribution is -2.58. The first-order chi connectivity index (χ1) is 16.2. The van der Waals surface area contributed by atoms with Gasteiger partial charge in [0.05, 0.1) is 12.5 Å². The van der Waals surface area contributed by atoms with Crippen molar-refractivity contribution in [2.24, 2.45) is 17.4 Å². The van der Waals surface area contributed by atoms with Gasteiger partial charge in [-0.3, -0.25) is 28.8 Å². The van der Waals surface area contributed by atoms with Crippen LogP contribution in [0, 0.1) is 5.92 Å². The van der Waals surface area contributed by atoms with Gasteiger partial charge in [-0.05, 0) is 18.8 Å². The van der Waals surface area contributed by atoms with Gasteiger partial charge in [-0.25, -0.2) is 4.79 Å². The minimum Gasteiger partial charge on any atom is -0.481 e. The first kappa shape index (κ1) is 31.2. The van der Waals surface area contributed by atoms with Gasteiger partial charge in [-0.2, -0.15) is 0 Å². The minimum absolute atomic E-state index is 0.262. The van der Waals surface area contributed by atoms with Crippen molar-refractivity contribution in [3.05, 3.63) is 0 Å². The zero-order valence-electron chi connectivity index (χ0n) is 19.5. The van der Waals surface area contributed by atoms with Gasteiger partial charge in [-0.15, -0.1) is 0 Å². The molecule has 0 heterocycles. The molecule has 0 fully saturated rings. The van der Waals surface area contributed by atoms with Crippen LogP contribution in [-0.2, 0) is 33.6 Å². The summed E-state index contributed by atoms with van der Waals surface area (Å²) in [6.45, 7) is 3.28. The Kier molecular flexibility index (Phi) is 13.6. The fraction of sp³-hybridized carbons (Fsp3) is 0.650. The van der Waals surface area contributed by atoms with E-state index in [0.717, 1.165) is 0 Å². The van der Waals surface area contributed by atoms with Crippen molar-refractivity contribution in [3.8, 4) is 0 Å². The van der Waals surface area contributed by atoms with E-state index in [0.29, 0.717) is 6.42 Å². The van der Waals surface area contributed by atoms with E-state index in [4.69, 9.17) is 21.7 Å². The molecule has 5 atom stereocenters. The summed E-state index contributed by atoms with van der Waals surface area (Å²) in [5.41, 5.74) is 10.7. The third kappa shape index (κ3) is 12.3. The predicted molar refractivity (Wildman–Crippen MR) is 118 cm³/mol. The normalized spacial score (nSPS) is 14.9. The molecule has 35 heavy (non-hydrogen) atoms. The highest BCUT2D eigenvalue weighted by Gasteiger charge is 2.32. The lowest BCUT2D eigenvalue weighted by molar-refractivity contribution is -0.144. The molecular formula is C20H33N5O10. The third-order valence-electron chi connectivity index (χ3n) is 5.10. The summed E-state index contributed by atoms with van der Waals surface area (Å²) in [4.78, 5) is 82.3.